The van der Waals surface area contributed by atoms with Crippen LogP contribution in [-0.4, -0.2) is 24.1 Å². The largest absolute Gasteiger partial charge is 0.497 e. The SMILES string of the molecule is COc1ccc(CSCC23CCC(CC2O)C3(C)C)cc1. The van der Waals surface area contributed by atoms with Gasteiger partial charge in [0, 0.05) is 16.9 Å². The van der Waals surface area contributed by atoms with Crippen LogP contribution in [0.4, 0.5) is 0 Å². The van der Waals surface area contributed by atoms with Gasteiger partial charge in [0.05, 0.1) is 13.2 Å². The maximum Gasteiger partial charge on any atom is 0.118 e. The van der Waals surface area contributed by atoms with Crippen molar-refractivity contribution in [1.82, 2.24) is 0 Å². The van der Waals surface area contributed by atoms with E-state index in [9.17, 15) is 5.11 Å². The molecular weight excluding hydrogens is 280 g/mol. The molecule has 0 spiro atoms. The number of aliphatic hydroxyl groups excluding tert-OH is 1. The Morgan fingerprint density at radius 1 is 1.29 bits per heavy atom. The van der Waals surface area contributed by atoms with Gasteiger partial charge >= 0.3 is 0 Å². The quantitative estimate of drug-likeness (QED) is 0.887. The van der Waals surface area contributed by atoms with Crippen LogP contribution in [0.5, 0.6) is 5.75 Å². The first-order valence-electron chi connectivity index (χ1n) is 7.88. The number of methoxy groups -OCH3 is 1. The lowest BCUT2D eigenvalue weighted by molar-refractivity contribution is 0.0168. The van der Waals surface area contributed by atoms with E-state index in [-0.39, 0.29) is 11.5 Å². The highest BCUT2D eigenvalue weighted by atomic mass is 32.2. The molecule has 2 aliphatic carbocycles. The number of hydrogen-bond donors (Lipinski definition) is 1. The Labute approximate surface area is 132 Å². The smallest absolute Gasteiger partial charge is 0.118 e. The molecule has 0 radical (unpaired) electrons. The molecule has 2 fully saturated rings. The van der Waals surface area contributed by atoms with Crippen LogP contribution >= 0.6 is 11.8 Å². The van der Waals surface area contributed by atoms with Gasteiger partial charge in [0.25, 0.3) is 0 Å². The van der Waals surface area contributed by atoms with Gasteiger partial charge in [0.15, 0.2) is 0 Å². The zero-order valence-electron chi connectivity index (χ0n) is 13.3. The summed E-state index contributed by atoms with van der Waals surface area (Å²) in [4.78, 5) is 0. The van der Waals surface area contributed by atoms with Crippen LogP contribution in [-0.2, 0) is 5.75 Å². The number of fused-ring (bicyclic) bond motifs is 2. The summed E-state index contributed by atoms with van der Waals surface area (Å²) in [7, 11) is 1.70. The summed E-state index contributed by atoms with van der Waals surface area (Å²) in [5.74, 6) is 3.71. The van der Waals surface area contributed by atoms with Crippen LogP contribution in [0.25, 0.3) is 0 Å². The third-order valence-corrected chi connectivity index (χ3v) is 7.43. The highest BCUT2D eigenvalue weighted by Gasteiger charge is 2.63. The molecular formula is C18H26O2S. The topological polar surface area (TPSA) is 29.5 Å². The predicted molar refractivity (Wildman–Crippen MR) is 88.7 cm³/mol. The molecule has 0 saturated heterocycles. The minimum Gasteiger partial charge on any atom is -0.497 e. The van der Waals surface area contributed by atoms with Gasteiger partial charge in [0.1, 0.15) is 5.75 Å². The van der Waals surface area contributed by atoms with E-state index in [1.807, 2.05) is 23.9 Å². The van der Waals surface area contributed by atoms with E-state index in [1.165, 1.54) is 18.4 Å². The average molecular weight is 306 g/mol. The second-order valence-electron chi connectivity index (χ2n) is 7.21. The Kier molecular flexibility index (Phi) is 4.00. The number of hydrogen-bond acceptors (Lipinski definition) is 3. The predicted octanol–water partition coefficient (Wildman–Crippen LogP) is 4.12. The van der Waals surface area contributed by atoms with Crippen LogP contribution < -0.4 is 4.74 Å². The van der Waals surface area contributed by atoms with Gasteiger partial charge in [-0.05, 0) is 48.3 Å². The van der Waals surface area contributed by atoms with Gasteiger partial charge in [0.2, 0.25) is 0 Å². The van der Waals surface area contributed by atoms with Gasteiger partial charge in [-0.15, -0.1) is 0 Å². The monoisotopic (exact) mass is 306 g/mol. The lowest BCUT2D eigenvalue weighted by Gasteiger charge is -2.40. The fourth-order valence-corrected chi connectivity index (χ4v) is 6.06. The number of rotatable bonds is 5. The maximum absolute atomic E-state index is 10.5. The number of benzene rings is 1. The second-order valence-corrected chi connectivity index (χ2v) is 8.19. The van der Waals surface area contributed by atoms with E-state index in [0.717, 1.165) is 23.7 Å². The standard InChI is InChI=1S/C18H26O2S/c1-17(2)14-8-9-18(17,16(19)10-14)12-21-11-13-4-6-15(20-3)7-5-13/h4-7,14,16,19H,8-12H2,1-3H3. The zero-order valence-corrected chi connectivity index (χ0v) is 14.1. The molecule has 2 aliphatic rings. The van der Waals surface area contributed by atoms with E-state index >= 15 is 0 Å². The van der Waals surface area contributed by atoms with Crippen molar-refractivity contribution in [2.45, 2.75) is 45.0 Å². The normalized spacial score (nSPS) is 33.3. The van der Waals surface area contributed by atoms with Gasteiger partial charge in [-0.2, -0.15) is 11.8 Å². The summed E-state index contributed by atoms with van der Waals surface area (Å²) >= 11 is 1.97. The minimum absolute atomic E-state index is 0.102. The zero-order chi connectivity index (χ0) is 15.1. The molecule has 2 saturated carbocycles. The van der Waals surface area contributed by atoms with Crippen LogP contribution in [0.15, 0.2) is 24.3 Å². The molecule has 0 aliphatic heterocycles. The number of ether oxygens (including phenoxy) is 1. The van der Waals surface area contributed by atoms with Crippen molar-refractivity contribution >= 4 is 11.8 Å². The van der Waals surface area contributed by atoms with Crippen LogP contribution in [0.1, 0.15) is 38.7 Å². The molecule has 3 rings (SSSR count). The van der Waals surface area contributed by atoms with Crippen molar-refractivity contribution in [2.75, 3.05) is 12.9 Å². The first-order chi connectivity index (χ1) is 9.99. The van der Waals surface area contributed by atoms with E-state index in [1.54, 1.807) is 7.11 Å². The van der Waals surface area contributed by atoms with E-state index < -0.39 is 0 Å². The summed E-state index contributed by atoms with van der Waals surface area (Å²) in [6, 6.07) is 8.32. The molecule has 1 N–H and O–H groups in total. The Morgan fingerprint density at radius 3 is 2.52 bits per heavy atom. The summed E-state index contributed by atoms with van der Waals surface area (Å²) < 4.78 is 5.20. The fraction of sp³-hybridized carbons (Fsp3) is 0.667. The average Bonchev–Trinajstić information content (AvgIpc) is 2.82. The van der Waals surface area contributed by atoms with Crippen molar-refractivity contribution in [3.8, 4) is 5.75 Å². The van der Waals surface area contributed by atoms with Crippen molar-refractivity contribution in [1.29, 1.82) is 0 Å². The molecule has 2 nitrogen and oxygen atoms in total. The van der Waals surface area contributed by atoms with Crippen LogP contribution in [0.3, 0.4) is 0 Å². The van der Waals surface area contributed by atoms with Gasteiger partial charge < -0.3 is 9.84 Å². The fourth-order valence-electron chi connectivity index (χ4n) is 4.45. The Hall–Kier alpha value is -0.670. The summed E-state index contributed by atoms with van der Waals surface area (Å²) in [6.45, 7) is 4.74. The third kappa shape index (κ3) is 2.39. The summed E-state index contributed by atoms with van der Waals surface area (Å²) in [5.41, 5.74) is 1.76. The van der Waals surface area contributed by atoms with Gasteiger partial charge in [-0.1, -0.05) is 26.0 Å². The van der Waals surface area contributed by atoms with Crippen molar-refractivity contribution in [2.24, 2.45) is 16.7 Å². The molecule has 0 aromatic heterocycles. The summed E-state index contributed by atoms with van der Waals surface area (Å²) in [5, 5.41) is 10.5. The lowest BCUT2D eigenvalue weighted by Crippen LogP contribution is -2.40. The lowest BCUT2D eigenvalue weighted by atomic mass is 9.70. The molecule has 0 heterocycles. The summed E-state index contributed by atoms with van der Waals surface area (Å²) in [6.07, 6.45) is 3.40. The molecule has 2 bridgehead atoms. The molecule has 116 valence electrons. The minimum atomic E-state index is -0.102. The number of thioether (sulfide) groups is 1. The first kappa shape index (κ1) is 15.2. The molecule has 21 heavy (non-hydrogen) atoms. The molecule has 1 aromatic rings. The van der Waals surface area contributed by atoms with Crippen LogP contribution in [0.2, 0.25) is 0 Å². The van der Waals surface area contributed by atoms with Gasteiger partial charge in [-0.25, -0.2) is 0 Å². The van der Waals surface area contributed by atoms with Crippen molar-refractivity contribution in [3.05, 3.63) is 29.8 Å². The Morgan fingerprint density at radius 2 is 2.00 bits per heavy atom. The highest BCUT2D eigenvalue weighted by Crippen LogP contribution is 2.66. The molecule has 0 amide bonds. The van der Waals surface area contributed by atoms with Crippen molar-refractivity contribution < 1.29 is 9.84 Å². The van der Waals surface area contributed by atoms with E-state index in [4.69, 9.17) is 4.74 Å². The molecule has 1 aromatic carbocycles. The Balaban J connectivity index is 1.62. The van der Waals surface area contributed by atoms with Gasteiger partial charge in [-0.3, -0.25) is 0 Å². The first-order valence-corrected chi connectivity index (χ1v) is 9.04. The van der Waals surface area contributed by atoms with E-state index in [2.05, 4.69) is 26.0 Å². The van der Waals surface area contributed by atoms with Crippen molar-refractivity contribution in [3.63, 3.8) is 0 Å². The maximum atomic E-state index is 10.5. The highest BCUT2D eigenvalue weighted by molar-refractivity contribution is 7.98. The molecule has 3 heteroatoms. The second kappa shape index (κ2) is 5.51. The molecule has 3 unspecified atom stereocenters. The third-order valence-electron chi connectivity index (χ3n) is 6.18. The van der Waals surface area contributed by atoms with E-state index in [0.29, 0.717) is 11.3 Å². The van der Waals surface area contributed by atoms with Crippen LogP contribution in [0, 0.1) is 16.7 Å². The number of aliphatic hydroxyl groups is 1. The Bertz CT molecular complexity index is 496. The molecule has 3 atom stereocenters.